The van der Waals surface area contributed by atoms with Gasteiger partial charge in [-0.3, -0.25) is 14.5 Å². The first-order valence-corrected chi connectivity index (χ1v) is 10.7. The summed E-state index contributed by atoms with van der Waals surface area (Å²) in [5, 5.41) is 4.73. The summed E-state index contributed by atoms with van der Waals surface area (Å²) in [6, 6.07) is 8.02. The van der Waals surface area contributed by atoms with Crippen molar-refractivity contribution in [2.45, 2.75) is 38.6 Å². The standard InChI is InChI=1S/C24H27FN4O2/c1-17-15-26-11-10-20(17)21-16-28(2)27-24(21)22-8-4-12-29(22)23(30)9-5-13-31-19-7-3-6-18(25)14-19/h3,6-7,10-11,14-16,22H,4-5,8-9,12-13H2,1-2H3. The van der Waals surface area contributed by atoms with Gasteiger partial charge in [-0.25, -0.2) is 4.39 Å². The molecule has 1 unspecified atom stereocenters. The Morgan fingerprint density at radius 3 is 2.97 bits per heavy atom. The molecule has 3 heterocycles. The molecule has 0 bridgehead atoms. The summed E-state index contributed by atoms with van der Waals surface area (Å²) in [5.74, 6) is 0.259. The van der Waals surface area contributed by atoms with E-state index in [1.165, 1.54) is 12.1 Å². The van der Waals surface area contributed by atoms with Crippen molar-refractivity contribution in [1.82, 2.24) is 19.7 Å². The topological polar surface area (TPSA) is 60.2 Å². The first kappa shape index (κ1) is 21.0. The largest absolute Gasteiger partial charge is 0.493 e. The van der Waals surface area contributed by atoms with Crippen LogP contribution in [0.5, 0.6) is 5.75 Å². The van der Waals surface area contributed by atoms with E-state index in [0.29, 0.717) is 25.2 Å². The number of amides is 1. The molecule has 0 saturated carbocycles. The minimum atomic E-state index is -0.330. The van der Waals surface area contributed by atoms with E-state index < -0.39 is 0 Å². The van der Waals surface area contributed by atoms with Crippen molar-refractivity contribution >= 4 is 5.91 Å². The number of carbonyl (C=O) groups excluding carboxylic acids is 1. The highest BCUT2D eigenvalue weighted by molar-refractivity contribution is 5.78. The van der Waals surface area contributed by atoms with Crippen molar-refractivity contribution in [3.05, 3.63) is 66.0 Å². The molecule has 162 valence electrons. The summed E-state index contributed by atoms with van der Waals surface area (Å²) < 4.78 is 20.6. The lowest BCUT2D eigenvalue weighted by atomic mass is 9.98. The summed E-state index contributed by atoms with van der Waals surface area (Å²) >= 11 is 0. The van der Waals surface area contributed by atoms with Gasteiger partial charge in [0.2, 0.25) is 5.91 Å². The molecule has 4 rings (SSSR count). The lowest BCUT2D eigenvalue weighted by Crippen LogP contribution is -2.31. The number of ether oxygens (including phenoxy) is 1. The predicted octanol–water partition coefficient (Wildman–Crippen LogP) is 4.45. The van der Waals surface area contributed by atoms with Crippen LogP contribution in [-0.4, -0.2) is 38.7 Å². The summed E-state index contributed by atoms with van der Waals surface area (Å²) in [4.78, 5) is 19.1. The van der Waals surface area contributed by atoms with Crippen LogP contribution in [0.3, 0.4) is 0 Å². The van der Waals surface area contributed by atoms with Crippen LogP contribution in [0.2, 0.25) is 0 Å². The van der Waals surface area contributed by atoms with Gasteiger partial charge in [0.1, 0.15) is 11.6 Å². The third-order valence-electron chi connectivity index (χ3n) is 5.66. The predicted molar refractivity (Wildman–Crippen MR) is 116 cm³/mol. The maximum Gasteiger partial charge on any atom is 0.223 e. The van der Waals surface area contributed by atoms with E-state index in [-0.39, 0.29) is 17.8 Å². The van der Waals surface area contributed by atoms with Gasteiger partial charge in [0.15, 0.2) is 0 Å². The van der Waals surface area contributed by atoms with Crippen LogP contribution in [0.25, 0.3) is 11.1 Å². The van der Waals surface area contributed by atoms with Gasteiger partial charge < -0.3 is 9.64 Å². The third-order valence-corrected chi connectivity index (χ3v) is 5.66. The van der Waals surface area contributed by atoms with E-state index in [9.17, 15) is 9.18 Å². The van der Waals surface area contributed by atoms with Crippen molar-refractivity contribution in [3.63, 3.8) is 0 Å². The van der Waals surface area contributed by atoms with Gasteiger partial charge in [-0.1, -0.05) is 6.07 Å². The summed E-state index contributed by atoms with van der Waals surface area (Å²) in [6.45, 7) is 3.15. The molecule has 0 N–H and O–H groups in total. The van der Waals surface area contributed by atoms with Crippen molar-refractivity contribution in [1.29, 1.82) is 0 Å². The minimum absolute atomic E-state index is 0.0274. The lowest BCUT2D eigenvalue weighted by molar-refractivity contribution is -0.132. The molecule has 7 heteroatoms. The zero-order valence-electron chi connectivity index (χ0n) is 17.9. The van der Waals surface area contributed by atoms with Gasteiger partial charge in [-0.05, 0) is 55.5 Å². The zero-order valence-corrected chi connectivity index (χ0v) is 17.9. The van der Waals surface area contributed by atoms with Crippen LogP contribution < -0.4 is 4.74 Å². The second-order valence-electron chi connectivity index (χ2n) is 7.95. The van der Waals surface area contributed by atoms with E-state index in [1.807, 2.05) is 42.0 Å². The molecule has 0 radical (unpaired) electrons. The van der Waals surface area contributed by atoms with Crippen molar-refractivity contribution in [3.8, 4) is 16.9 Å². The number of nitrogens with zero attached hydrogens (tertiary/aromatic N) is 4. The lowest BCUT2D eigenvalue weighted by Gasteiger charge is -2.24. The monoisotopic (exact) mass is 422 g/mol. The highest BCUT2D eigenvalue weighted by Crippen LogP contribution is 2.38. The number of benzene rings is 1. The van der Waals surface area contributed by atoms with Gasteiger partial charge in [0.25, 0.3) is 0 Å². The maximum atomic E-state index is 13.2. The van der Waals surface area contributed by atoms with Crippen molar-refractivity contribution in [2.75, 3.05) is 13.2 Å². The normalized spacial score (nSPS) is 16.0. The van der Waals surface area contributed by atoms with Gasteiger partial charge in [0, 0.05) is 50.2 Å². The molecule has 3 aromatic rings. The molecule has 0 spiro atoms. The maximum absolute atomic E-state index is 13.2. The quantitative estimate of drug-likeness (QED) is 0.528. The SMILES string of the molecule is Cc1cnccc1-c1cn(C)nc1C1CCCN1C(=O)CCCOc1cccc(F)c1. The van der Waals surface area contributed by atoms with Crippen molar-refractivity contribution < 1.29 is 13.9 Å². The van der Waals surface area contributed by atoms with E-state index in [4.69, 9.17) is 9.84 Å². The molecule has 1 aliphatic heterocycles. The minimum Gasteiger partial charge on any atom is -0.493 e. The van der Waals surface area contributed by atoms with Crippen LogP contribution in [0.4, 0.5) is 4.39 Å². The van der Waals surface area contributed by atoms with Crippen LogP contribution in [0.15, 0.2) is 48.9 Å². The number of likely N-dealkylation sites (tertiary alicyclic amines) is 1. The summed E-state index contributed by atoms with van der Waals surface area (Å²) in [7, 11) is 1.91. The Morgan fingerprint density at radius 2 is 2.16 bits per heavy atom. The van der Waals surface area contributed by atoms with E-state index in [1.54, 1.807) is 18.3 Å². The van der Waals surface area contributed by atoms with Crippen molar-refractivity contribution in [2.24, 2.45) is 7.05 Å². The average Bonchev–Trinajstić information content (AvgIpc) is 3.38. The molecule has 1 atom stereocenters. The second kappa shape index (κ2) is 9.29. The summed E-state index contributed by atoms with van der Waals surface area (Å²) in [6.07, 6.45) is 8.49. The average molecular weight is 423 g/mol. The zero-order chi connectivity index (χ0) is 21.8. The Bertz CT molecular complexity index is 1070. The molecule has 1 amide bonds. The molecule has 1 saturated heterocycles. The molecule has 1 aromatic carbocycles. The highest BCUT2D eigenvalue weighted by atomic mass is 19.1. The number of aryl methyl sites for hydroxylation is 2. The number of halogens is 1. The smallest absolute Gasteiger partial charge is 0.223 e. The molecule has 0 aliphatic carbocycles. The number of hydrogen-bond acceptors (Lipinski definition) is 4. The Hall–Kier alpha value is -3.22. The van der Waals surface area contributed by atoms with Crippen LogP contribution in [0, 0.1) is 12.7 Å². The molecule has 31 heavy (non-hydrogen) atoms. The fraction of sp³-hybridized carbons (Fsp3) is 0.375. The molecular weight excluding hydrogens is 395 g/mol. The number of hydrogen-bond donors (Lipinski definition) is 0. The summed E-state index contributed by atoms with van der Waals surface area (Å²) in [5.41, 5.74) is 4.18. The highest BCUT2D eigenvalue weighted by Gasteiger charge is 2.33. The molecule has 6 nitrogen and oxygen atoms in total. The van der Waals surface area contributed by atoms with Gasteiger partial charge in [0.05, 0.1) is 18.3 Å². The van der Waals surface area contributed by atoms with Gasteiger partial charge in [-0.2, -0.15) is 5.10 Å². The fourth-order valence-corrected chi connectivity index (χ4v) is 4.20. The molecular formula is C24H27FN4O2. The van der Waals surface area contributed by atoms with E-state index >= 15 is 0 Å². The number of pyridine rings is 1. The van der Waals surface area contributed by atoms with E-state index in [2.05, 4.69) is 4.98 Å². The first-order chi connectivity index (χ1) is 15.0. The van der Waals surface area contributed by atoms with Crippen LogP contribution in [0.1, 0.15) is 43.0 Å². The Morgan fingerprint density at radius 1 is 1.29 bits per heavy atom. The number of aromatic nitrogens is 3. The van der Waals surface area contributed by atoms with Crippen LogP contribution in [-0.2, 0) is 11.8 Å². The number of rotatable bonds is 7. The first-order valence-electron chi connectivity index (χ1n) is 10.7. The molecule has 2 aromatic heterocycles. The number of carbonyl (C=O) groups is 1. The third kappa shape index (κ3) is 4.76. The Kier molecular flexibility index (Phi) is 6.30. The fourth-order valence-electron chi connectivity index (χ4n) is 4.20. The van der Waals surface area contributed by atoms with Gasteiger partial charge >= 0.3 is 0 Å². The van der Waals surface area contributed by atoms with Gasteiger partial charge in [-0.15, -0.1) is 0 Å². The Labute approximate surface area is 181 Å². The van der Waals surface area contributed by atoms with Crippen LogP contribution >= 0.6 is 0 Å². The van der Waals surface area contributed by atoms with E-state index in [0.717, 1.165) is 41.8 Å². The Balaban J connectivity index is 1.42. The second-order valence-corrected chi connectivity index (χ2v) is 7.95. The molecule has 1 fully saturated rings. The molecule has 1 aliphatic rings.